The van der Waals surface area contributed by atoms with Crippen molar-refractivity contribution in [2.24, 2.45) is 0 Å². The molecule has 6 aliphatic heterocycles. The van der Waals surface area contributed by atoms with Crippen molar-refractivity contribution < 1.29 is 16.8 Å². The Morgan fingerprint density at radius 3 is 0.474 bits per heavy atom. The fourth-order valence-electron chi connectivity index (χ4n) is 4.92. The molecule has 0 unspecified atom stereocenters. The quantitative estimate of drug-likeness (QED) is 0.253. The molecule has 0 aromatic heterocycles. The van der Waals surface area contributed by atoms with E-state index in [0.29, 0.717) is 0 Å². The van der Waals surface area contributed by atoms with Crippen LogP contribution in [0.2, 0.25) is 0 Å². The van der Waals surface area contributed by atoms with Crippen LogP contribution in [0.15, 0.2) is 0 Å². The number of hydrogen-bond acceptors (Lipinski definition) is 6. The summed E-state index contributed by atoms with van der Waals surface area (Å²) in [7, 11) is 0. The fourth-order valence-corrected chi connectivity index (χ4v) is 4.92. The maximum Gasteiger partial charge on any atom is 3.00 e. The predicted octanol–water partition coefficient (Wildman–Crippen LogP) is -3.96. The molecule has 102 valence electrons. The van der Waals surface area contributed by atoms with Crippen molar-refractivity contribution in [1.82, 2.24) is 31.9 Å². The van der Waals surface area contributed by atoms with Gasteiger partial charge in [-0.15, -0.1) is 0 Å². The molecular weight excluding hydrogens is 287 g/mol. The maximum absolute atomic E-state index is 3.49. The van der Waals surface area contributed by atoms with Crippen LogP contribution >= 0.6 is 0 Å². The molecule has 8 aliphatic rings. The van der Waals surface area contributed by atoms with E-state index in [9.17, 15) is 0 Å². The summed E-state index contributed by atoms with van der Waals surface area (Å²) in [6, 6.07) is 10.1. The van der Waals surface area contributed by atoms with Gasteiger partial charge in [0.25, 0.3) is 0 Å². The standard InChI is InChI=1S/2C6H9N3.Co/c2*7-1-2(7)4-6(9-4)5-3(1)8-5;/h2*1-9H;/q;;+3. The Morgan fingerprint density at radius 2 is 0.368 bits per heavy atom. The number of rotatable bonds is 0. The van der Waals surface area contributed by atoms with Crippen LogP contribution in [-0.4, -0.2) is 72.5 Å². The van der Waals surface area contributed by atoms with Crippen molar-refractivity contribution in [2.75, 3.05) is 0 Å². The average molecular weight is 305 g/mol. The van der Waals surface area contributed by atoms with E-state index in [-0.39, 0.29) is 16.8 Å². The second-order valence-corrected chi connectivity index (χ2v) is 7.31. The van der Waals surface area contributed by atoms with E-state index in [2.05, 4.69) is 31.9 Å². The van der Waals surface area contributed by atoms with Crippen LogP contribution < -0.4 is 31.9 Å². The van der Waals surface area contributed by atoms with Gasteiger partial charge in [-0.05, 0) is 0 Å². The third kappa shape index (κ3) is 1.33. The van der Waals surface area contributed by atoms with Crippen LogP contribution in [0, 0.1) is 0 Å². The summed E-state index contributed by atoms with van der Waals surface area (Å²) in [6.07, 6.45) is 0. The van der Waals surface area contributed by atoms with Crippen molar-refractivity contribution in [2.45, 2.75) is 72.5 Å². The molecule has 0 spiro atoms. The van der Waals surface area contributed by atoms with Gasteiger partial charge in [0, 0.05) is 72.5 Å². The molecule has 6 nitrogen and oxygen atoms in total. The number of nitrogens with one attached hydrogen (secondary N) is 6. The molecule has 6 heterocycles. The number of fused-ring (bicyclic) bond motifs is 12. The van der Waals surface area contributed by atoms with Crippen LogP contribution in [0.5, 0.6) is 0 Å². The normalized spacial score (nSPS) is 75.8. The summed E-state index contributed by atoms with van der Waals surface area (Å²) in [5.41, 5.74) is 0. The Morgan fingerprint density at radius 1 is 0.263 bits per heavy atom. The largest absolute Gasteiger partial charge is 3.00 e. The molecule has 19 heavy (non-hydrogen) atoms. The van der Waals surface area contributed by atoms with E-state index in [1.165, 1.54) is 0 Å². The minimum absolute atomic E-state index is 0. The molecule has 8 fully saturated rings. The first-order valence-electron chi connectivity index (χ1n) is 7.46. The molecule has 2 saturated carbocycles. The second kappa shape index (κ2) is 3.05. The van der Waals surface area contributed by atoms with Gasteiger partial charge >= 0.3 is 16.8 Å². The second-order valence-electron chi connectivity index (χ2n) is 7.31. The molecule has 6 N–H and O–H groups in total. The van der Waals surface area contributed by atoms with E-state index >= 15 is 0 Å². The predicted molar refractivity (Wildman–Crippen MR) is 64.3 cm³/mol. The molecule has 0 aromatic rings. The Bertz CT molecular complexity index is 307. The van der Waals surface area contributed by atoms with E-state index in [1.54, 1.807) is 0 Å². The van der Waals surface area contributed by atoms with Crippen LogP contribution in [0.1, 0.15) is 0 Å². The van der Waals surface area contributed by atoms with Gasteiger partial charge in [0.2, 0.25) is 0 Å². The average Bonchev–Trinajstić information content (AvgIpc) is 3.21. The zero-order valence-corrected chi connectivity index (χ0v) is 11.3. The Balaban J connectivity index is 0.0000000823. The van der Waals surface area contributed by atoms with Crippen molar-refractivity contribution in [3.05, 3.63) is 0 Å². The van der Waals surface area contributed by atoms with Crippen molar-refractivity contribution >= 4 is 0 Å². The van der Waals surface area contributed by atoms with Crippen molar-refractivity contribution in [3.63, 3.8) is 0 Å². The monoisotopic (exact) mass is 305 g/mol. The molecule has 0 bridgehead atoms. The van der Waals surface area contributed by atoms with E-state index < -0.39 is 0 Å². The zero-order valence-electron chi connectivity index (χ0n) is 10.3. The van der Waals surface area contributed by atoms with E-state index in [4.69, 9.17) is 0 Å². The van der Waals surface area contributed by atoms with E-state index in [0.717, 1.165) is 72.5 Å². The fraction of sp³-hybridized carbons (Fsp3) is 1.00. The first-order chi connectivity index (χ1) is 8.90. The molecule has 0 aromatic carbocycles. The summed E-state index contributed by atoms with van der Waals surface area (Å²) >= 11 is 0. The molecular formula is C12H18CoN6+3. The van der Waals surface area contributed by atoms with Gasteiger partial charge in [-0.3, -0.25) is 0 Å². The summed E-state index contributed by atoms with van der Waals surface area (Å²) < 4.78 is 0. The van der Waals surface area contributed by atoms with Crippen LogP contribution in [0.4, 0.5) is 0 Å². The Labute approximate surface area is 121 Å². The molecule has 7 heteroatoms. The molecule has 8 rings (SSSR count). The minimum Gasteiger partial charge on any atom is -0.305 e. The van der Waals surface area contributed by atoms with Crippen molar-refractivity contribution in [3.8, 4) is 0 Å². The topological polar surface area (TPSA) is 132 Å². The van der Waals surface area contributed by atoms with Gasteiger partial charge in [-0.1, -0.05) is 0 Å². The van der Waals surface area contributed by atoms with E-state index in [1.807, 2.05) is 0 Å². The van der Waals surface area contributed by atoms with Crippen LogP contribution in [-0.2, 0) is 16.8 Å². The molecule has 2 aliphatic carbocycles. The van der Waals surface area contributed by atoms with Crippen LogP contribution in [0.25, 0.3) is 0 Å². The SMILES string of the molecule is N1C2C3NC3C3NC3C12.N1C2C3NC3C3NC3C12.[Co+3]. The molecule has 0 amide bonds. The Kier molecular flexibility index (Phi) is 1.75. The Hall–Kier alpha value is 0.266. The summed E-state index contributed by atoms with van der Waals surface area (Å²) in [6.45, 7) is 0. The molecule has 6 saturated heterocycles. The molecule has 0 atom stereocenters. The third-order valence-corrected chi connectivity index (χ3v) is 6.30. The maximum atomic E-state index is 3.49. The molecule has 0 radical (unpaired) electrons. The van der Waals surface area contributed by atoms with Crippen LogP contribution in [0.3, 0.4) is 0 Å². The first kappa shape index (κ1) is 10.9. The first-order valence-corrected chi connectivity index (χ1v) is 7.46. The third-order valence-electron chi connectivity index (χ3n) is 6.30. The van der Waals surface area contributed by atoms with Gasteiger partial charge in [-0.25, -0.2) is 0 Å². The summed E-state index contributed by atoms with van der Waals surface area (Å²) in [4.78, 5) is 0. The number of hydrogen-bond donors (Lipinski definition) is 6. The van der Waals surface area contributed by atoms with Gasteiger partial charge in [0.05, 0.1) is 0 Å². The summed E-state index contributed by atoms with van der Waals surface area (Å²) in [5.74, 6) is 0. The zero-order chi connectivity index (χ0) is 11.2. The van der Waals surface area contributed by atoms with Gasteiger partial charge < -0.3 is 31.9 Å². The van der Waals surface area contributed by atoms with Gasteiger partial charge in [0.15, 0.2) is 0 Å². The summed E-state index contributed by atoms with van der Waals surface area (Å²) in [5, 5.41) is 20.9. The van der Waals surface area contributed by atoms with Gasteiger partial charge in [-0.2, -0.15) is 0 Å². The van der Waals surface area contributed by atoms with Gasteiger partial charge in [0.1, 0.15) is 0 Å². The smallest absolute Gasteiger partial charge is 0.305 e. The minimum atomic E-state index is 0. The van der Waals surface area contributed by atoms with Crippen molar-refractivity contribution in [1.29, 1.82) is 0 Å².